The van der Waals surface area contributed by atoms with Gasteiger partial charge >= 0.3 is 0 Å². The van der Waals surface area contributed by atoms with E-state index in [1.807, 2.05) is 6.92 Å². The van der Waals surface area contributed by atoms with Crippen LogP contribution in [0.4, 0.5) is 8.78 Å². The van der Waals surface area contributed by atoms with Crippen LogP contribution in [0.5, 0.6) is 0 Å². The molecule has 4 rings (SSSR count). The summed E-state index contributed by atoms with van der Waals surface area (Å²) in [6, 6.07) is 3.41. The Bertz CT molecular complexity index is 933. The lowest BCUT2D eigenvalue weighted by Crippen LogP contribution is -2.63. The Morgan fingerprint density at radius 1 is 1.00 bits per heavy atom. The summed E-state index contributed by atoms with van der Waals surface area (Å²) < 4.78 is 54.6. The van der Waals surface area contributed by atoms with Crippen LogP contribution >= 0.6 is 12.4 Å². The molecular formula is C23H34ClF2N3O3S. The van der Waals surface area contributed by atoms with Crippen molar-refractivity contribution in [1.82, 2.24) is 14.5 Å². The second-order valence-electron chi connectivity index (χ2n) is 9.71. The number of halogens is 3. The van der Waals surface area contributed by atoms with Crippen LogP contribution in [-0.2, 0) is 10.0 Å². The van der Waals surface area contributed by atoms with Crippen molar-refractivity contribution >= 4 is 28.3 Å². The first-order chi connectivity index (χ1) is 15.2. The highest BCUT2D eigenvalue weighted by Gasteiger charge is 2.51. The molecule has 1 heterocycles. The van der Waals surface area contributed by atoms with Crippen LogP contribution < -0.4 is 5.32 Å². The second kappa shape index (κ2) is 10.1. The zero-order valence-corrected chi connectivity index (χ0v) is 20.7. The molecule has 0 atom stereocenters. The molecule has 186 valence electrons. The normalized spacial score (nSPS) is 22.5. The van der Waals surface area contributed by atoms with E-state index >= 15 is 0 Å². The molecule has 1 spiro atoms. The van der Waals surface area contributed by atoms with E-state index in [-0.39, 0.29) is 23.7 Å². The van der Waals surface area contributed by atoms with E-state index in [2.05, 4.69) is 10.2 Å². The van der Waals surface area contributed by atoms with Gasteiger partial charge in [0.15, 0.2) is 0 Å². The van der Waals surface area contributed by atoms with Gasteiger partial charge < -0.3 is 5.32 Å². The number of hydrogen-bond acceptors (Lipinski definition) is 4. The largest absolute Gasteiger partial charge is 0.350 e. The lowest BCUT2D eigenvalue weighted by atomic mass is 9.73. The maximum Gasteiger partial charge on any atom is 0.257 e. The molecule has 0 radical (unpaired) electrons. The van der Waals surface area contributed by atoms with E-state index < -0.39 is 33.1 Å². The third-order valence-electron chi connectivity index (χ3n) is 7.73. The molecule has 0 bridgehead atoms. The predicted molar refractivity (Wildman–Crippen MR) is 126 cm³/mol. The third kappa shape index (κ3) is 5.52. The van der Waals surface area contributed by atoms with E-state index in [9.17, 15) is 22.0 Å². The summed E-state index contributed by atoms with van der Waals surface area (Å²) in [5.41, 5.74) is -0.420. The summed E-state index contributed by atoms with van der Waals surface area (Å²) in [7, 11) is -3.23. The molecule has 3 aliphatic rings. The average molecular weight is 506 g/mol. The first-order valence-corrected chi connectivity index (χ1v) is 13.3. The van der Waals surface area contributed by atoms with Crippen molar-refractivity contribution < 1.29 is 22.0 Å². The van der Waals surface area contributed by atoms with Crippen molar-refractivity contribution in [2.75, 3.05) is 38.5 Å². The van der Waals surface area contributed by atoms with Gasteiger partial charge in [0.25, 0.3) is 5.91 Å². The Balaban J connectivity index is 0.00000306. The zero-order valence-electron chi connectivity index (χ0n) is 19.1. The molecule has 33 heavy (non-hydrogen) atoms. The minimum atomic E-state index is -3.23. The number of carbonyl (C=O) groups excluding carboxylic acids is 1. The number of nitrogens with one attached hydrogen (secondary N) is 1. The van der Waals surface area contributed by atoms with Crippen LogP contribution in [-0.4, -0.2) is 67.5 Å². The fraction of sp³-hybridized carbons (Fsp3) is 0.696. The van der Waals surface area contributed by atoms with Gasteiger partial charge in [0, 0.05) is 38.3 Å². The topological polar surface area (TPSA) is 69.7 Å². The fourth-order valence-electron chi connectivity index (χ4n) is 5.40. The highest BCUT2D eigenvalue weighted by Crippen LogP contribution is 2.58. The van der Waals surface area contributed by atoms with Crippen molar-refractivity contribution in [3.8, 4) is 0 Å². The van der Waals surface area contributed by atoms with Crippen LogP contribution in [0.1, 0.15) is 62.2 Å². The summed E-state index contributed by atoms with van der Waals surface area (Å²) in [5.74, 6) is -2.32. The van der Waals surface area contributed by atoms with Crippen molar-refractivity contribution in [2.24, 2.45) is 5.41 Å². The van der Waals surface area contributed by atoms with Crippen molar-refractivity contribution in [3.05, 3.63) is 35.4 Å². The number of sulfonamides is 1. The average Bonchev–Trinajstić information content (AvgIpc) is 3.53. The van der Waals surface area contributed by atoms with Crippen LogP contribution in [0, 0.1) is 17.0 Å². The van der Waals surface area contributed by atoms with Crippen molar-refractivity contribution in [3.63, 3.8) is 0 Å². The molecule has 6 nitrogen and oxygen atoms in total. The van der Waals surface area contributed by atoms with Gasteiger partial charge in [-0.3, -0.25) is 9.69 Å². The number of amides is 1. The van der Waals surface area contributed by atoms with Gasteiger partial charge in [0.2, 0.25) is 10.0 Å². The molecule has 1 aromatic rings. The van der Waals surface area contributed by atoms with Gasteiger partial charge in [-0.2, -0.15) is 4.31 Å². The van der Waals surface area contributed by atoms with Crippen LogP contribution in [0.3, 0.4) is 0 Å². The molecule has 1 amide bonds. The quantitative estimate of drug-likeness (QED) is 0.615. The summed E-state index contributed by atoms with van der Waals surface area (Å²) in [6.45, 7) is 4.23. The summed E-state index contributed by atoms with van der Waals surface area (Å²) in [5, 5.41) is 2.81. The highest BCUT2D eigenvalue weighted by molar-refractivity contribution is 7.89. The van der Waals surface area contributed by atoms with Crippen molar-refractivity contribution in [2.45, 2.75) is 57.4 Å². The Hall–Kier alpha value is -1.29. The van der Waals surface area contributed by atoms with Gasteiger partial charge in [-0.15, -0.1) is 12.4 Å². The van der Waals surface area contributed by atoms with E-state index in [1.54, 1.807) is 4.31 Å². The van der Waals surface area contributed by atoms with Gasteiger partial charge in [-0.05, 0) is 62.5 Å². The molecule has 2 aliphatic carbocycles. The zero-order chi connectivity index (χ0) is 23.0. The number of rotatable bonds is 7. The Morgan fingerprint density at radius 3 is 2.06 bits per heavy atom. The minimum absolute atomic E-state index is 0. The van der Waals surface area contributed by atoms with Crippen LogP contribution in [0.15, 0.2) is 18.2 Å². The second-order valence-corrected chi connectivity index (χ2v) is 11.8. The Labute approximate surface area is 201 Å². The first kappa shape index (κ1) is 26.3. The van der Waals surface area contributed by atoms with Gasteiger partial charge in [-0.1, -0.05) is 13.0 Å². The lowest BCUT2D eigenvalue weighted by Gasteiger charge is -2.51. The van der Waals surface area contributed by atoms with E-state index in [1.165, 1.54) is 18.9 Å². The molecule has 2 saturated carbocycles. The monoisotopic (exact) mass is 505 g/mol. The van der Waals surface area contributed by atoms with Gasteiger partial charge in [0.1, 0.15) is 17.2 Å². The molecule has 1 aliphatic heterocycles. The minimum Gasteiger partial charge on any atom is -0.350 e. The molecular weight excluding hydrogens is 472 g/mol. The van der Waals surface area contributed by atoms with Crippen molar-refractivity contribution in [1.29, 1.82) is 0 Å². The van der Waals surface area contributed by atoms with E-state index in [0.29, 0.717) is 44.6 Å². The standard InChI is InChI=1S/C23H33F2N3O3S.ClH/c1-2-16-32(30,31)28-14-12-27(13-15-28)23(10-8-22(6-7-22)9-11-23)17-26-21(29)20-18(24)4-3-5-19(20)25;/h3-5H,2,6-17H2,1H3,(H,26,29);1H. The fourth-order valence-corrected chi connectivity index (χ4v) is 6.90. The number of benzene rings is 1. The number of nitrogens with zero attached hydrogens (tertiary/aromatic N) is 2. The number of carbonyl (C=O) groups is 1. The predicted octanol–water partition coefficient (Wildman–Crippen LogP) is 3.57. The van der Waals surface area contributed by atoms with E-state index in [4.69, 9.17) is 0 Å². The molecule has 1 N–H and O–H groups in total. The molecule has 10 heteroatoms. The molecule has 3 fully saturated rings. The maximum atomic E-state index is 14.1. The Morgan fingerprint density at radius 2 is 1.55 bits per heavy atom. The highest BCUT2D eigenvalue weighted by atomic mass is 35.5. The van der Waals surface area contributed by atoms with Gasteiger partial charge in [0.05, 0.1) is 5.75 Å². The van der Waals surface area contributed by atoms with Crippen LogP contribution in [0.25, 0.3) is 0 Å². The number of piperazine rings is 1. The van der Waals surface area contributed by atoms with Gasteiger partial charge in [-0.25, -0.2) is 17.2 Å². The summed E-state index contributed by atoms with van der Waals surface area (Å²) in [4.78, 5) is 15.0. The molecule has 0 aromatic heterocycles. The number of hydrogen-bond donors (Lipinski definition) is 1. The maximum absolute atomic E-state index is 14.1. The Kier molecular flexibility index (Phi) is 8.08. The third-order valence-corrected chi connectivity index (χ3v) is 9.81. The SMILES string of the molecule is CCCS(=O)(=O)N1CCN(C2(CNC(=O)c3c(F)cccc3F)CCC3(CC3)CC2)CC1.Cl. The molecule has 0 unspecified atom stereocenters. The smallest absolute Gasteiger partial charge is 0.257 e. The molecule has 1 aromatic carbocycles. The van der Waals surface area contributed by atoms with E-state index in [0.717, 1.165) is 37.8 Å². The first-order valence-electron chi connectivity index (χ1n) is 11.7. The van der Waals surface area contributed by atoms with Crippen LogP contribution in [0.2, 0.25) is 0 Å². The molecule has 1 saturated heterocycles. The summed E-state index contributed by atoms with van der Waals surface area (Å²) in [6.07, 6.45) is 7.03. The lowest BCUT2D eigenvalue weighted by molar-refractivity contribution is 0.00966. The summed E-state index contributed by atoms with van der Waals surface area (Å²) >= 11 is 0.